The number of hydrogen-bond donors (Lipinski definition) is 1. The van der Waals surface area contributed by atoms with Crippen LogP contribution in [0.15, 0.2) is 41.0 Å². The monoisotopic (exact) mass is 327 g/mol. The number of carbonyl (C=O) groups is 2. The van der Waals surface area contributed by atoms with Crippen molar-refractivity contribution in [2.24, 2.45) is 0 Å². The summed E-state index contributed by atoms with van der Waals surface area (Å²) in [6.45, 7) is -0.254. The molecule has 0 saturated carbocycles. The summed E-state index contributed by atoms with van der Waals surface area (Å²) in [5, 5.41) is 3.30. The van der Waals surface area contributed by atoms with Crippen LogP contribution in [0.1, 0.15) is 16.1 Å². The molecule has 2 rings (SSSR count). The van der Waals surface area contributed by atoms with Gasteiger partial charge in [0.2, 0.25) is 0 Å². The van der Waals surface area contributed by atoms with E-state index in [1.807, 2.05) is 0 Å². The third-order valence-corrected chi connectivity index (χ3v) is 3.13. The minimum atomic E-state index is -0.582. The quantitative estimate of drug-likeness (QED) is 0.857. The maximum atomic E-state index is 11.5. The number of carbonyl (C=O) groups excluding carboxylic acids is 2. The standard InChI is InChI=1S/C14H11Cl2NO4/c15-10-4-3-9(11(16)6-10)8-21-13(18)7-17-14(19)12-2-1-5-20-12/h1-6H,7-8H2,(H,17,19). The Morgan fingerprint density at radius 3 is 2.71 bits per heavy atom. The molecule has 2 aromatic rings. The van der Waals surface area contributed by atoms with Crippen LogP contribution < -0.4 is 5.32 Å². The molecule has 1 N–H and O–H groups in total. The van der Waals surface area contributed by atoms with E-state index in [0.29, 0.717) is 15.6 Å². The molecule has 5 nitrogen and oxygen atoms in total. The number of benzene rings is 1. The maximum Gasteiger partial charge on any atom is 0.325 e. The largest absolute Gasteiger partial charge is 0.459 e. The Labute approximate surface area is 130 Å². The van der Waals surface area contributed by atoms with E-state index < -0.39 is 11.9 Å². The fourth-order valence-electron chi connectivity index (χ4n) is 1.50. The molecule has 0 spiro atoms. The molecule has 0 saturated heterocycles. The minimum absolute atomic E-state index is 0.00541. The van der Waals surface area contributed by atoms with Gasteiger partial charge in [-0.1, -0.05) is 29.3 Å². The molecule has 0 radical (unpaired) electrons. The molecule has 1 aromatic carbocycles. The summed E-state index contributed by atoms with van der Waals surface area (Å²) in [5.41, 5.74) is 0.631. The average molecular weight is 328 g/mol. The second-order valence-electron chi connectivity index (χ2n) is 4.06. The first-order chi connectivity index (χ1) is 10.1. The van der Waals surface area contributed by atoms with E-state index in [1.54, 1.807) is 24.3 Å². The third kappa shape index (κ3) is 4.51. The molecule has 1 aromatic heterocycles. The molecule has 0 unspecified atom stereocenters. The van der Waals surface area contributed by atoms with Gasteiger partial charge in [0.1, 0.15) is 13.2 Å². The highest BCUT2D eigenvalue weighted by molar-refractivity contribution is 6.35. The lowest BCUT2D eigenvalue weighted by atomic mass is 10.2. The van der Waals surface area contributed by atoms with E-state index in [9.17, 15) is 9.59 Å². The van der Waals surface area contributed by atoms with Crippen LogP contribution in [0.25, 0.3) is 0 Å². The van der Waals surface area contributed by atoms with Crippen molar-refractivity contribution in [3.63, 3.8) is 0 Å². The van der Waals surface area contributed by atoms with E-state index in [2.05, 4.69) is 5.32 Å². The van der Waals surface area contributed by atoms with Crippen LogP contribution >= 0.6 is 23.2 Å². The van der Waals surface area contributed by atoms with Gasteiger partial charge in [-0.2, -0.15) is 0 Å². The van der Waals surface area contributed by atoms with E-state index >= 15 is 0 Å². The summed E-state index contributed by atoms with van der Waals surface area (Å²) >= 11 is 11.7. The van der Waals surface area contributed by atoms with Gasteiger partial charge in [0, 0.05) is 15.6 Å². The molecule has 0 aliphatic rings. The molecule has 0 atom stereocenters. The van der Waals surface area contributed by atoms with E-state index in [-0.39, 0.29) is 18.9 Å². The Hall–Kier alpha value is -1.98. The second kappa shape index (κ2) is 7.15. The van der Waals surface area contributed by atoms with Gasteiger partial charge in [-0.05, 0) is 24.3 Å². The van der Waals surface area contributed by atoms with Crippen molar-refractivity contribution in [3.05, 3.63) is 58.0 Å². The van der Waals surface area contributed by atoms with Crippen molar-refractivity contribution in [1.82, 2.24) is 5.32 Å². The average Bonchev–Trinajstić information content (AvgIpc) is 2.98. The maximum absolute atomic E-state index is 11.5. The van der Waals surface area contributed by atoms with Crippen LogP contribution in [0.2, 0.25) is 10.0 Å². The summed E-state index contributed by atoms with van der Waals surface area (Å²) in [5.74, 6) is -0.939. The number of hydrogen-bond acceptors (Lipinski definition) is 4. The van der Waals surface area contributed by atoms with Crippen LogP contribution in [0.4, 0.5) is 0 Å². The van der Waals surface area contributed by atoms with Gasteiger partial charge >= 0.3 is 5.97 Å². The summed E-state index contributed by atoms with van der Waals surface area (Å²) in [7, 11) is 0. The first-order valence-corrected chi connectivity index (χ1v) is 6.73. The number of furan rings is 1. The van der Waals surface area contributed by atoms with Gasteiger partial charge < -0.3 is 14.5 Å². The van der Waals surface area contributed by atoms with Gasteiger partial charge in [0.15, 0.2) is 5.76 Å². The van der Waals surface area contributed by atoms with Crippen LogP contribution in [-0.4, -0.2) is 18.4 Å². The Morgan fingerprint density at radius 1 is 1.24 bits per heavy atom. The highest BCUT2D eigenvalue weighted by Gasteiger charge is 2.11. The Kier molecular flexibility index (Phi) is 5.25. The Morgan fingerprint density at radius 2 is 2.05 bits per heavy atom. The molecule has 0 aliphatic heterocycles. The van der Waals surface area contributed by atoms with Crippen LogP contribution in [0.3, 0.4) is 0 Å². The van der Waals surface area contributed by atoms with Crippen molar-refractivity contribution >= 4 is 35.1 Å². The van der Waals surface area contributed by atoms with Gasteiger partial charge in [-0.3, -0.25) is 9.59 Å². The van der Waals surface area contributed by atoms with Gasteiger partial charge in [-0.15, -0.1) is 0 Å². The lowest BCUT2D eigenvalue weighted by Gasteiger charge is -2.07. The van der Waals surface area contributed by atoms with Crippen molar-refractivity contribution < 1.29 is 18.7 Å². The van der Waals surface area contributed by atoms with Gasteiger partial charge in [0.05, 0.1) is 6.26 Å². The van der Waals surface area contributed by atoms with Crippen LogP contribution in [-0.2, 0) is 16.1 Å². The van der Waals surface area contributed by atoms with Gasteiger partial charge in [0.25, 0.3) is 5.91 Å². The SMILES string of the molecule is O=C(CNC(=O)c1ccco1)OCc1ccc(Cl)cc1Cl. The normalized spacial score (nSPS) is 10.2. The van der Waals surface area contributed by atoms with Crippen molar-refractivity contribution in [3.8, 4) is 0 Å². The number of esters is 1. The molecule has 7 heteroatoms. The van der Waals surface area contributed by atoms with Crippen LogP contribution in [0, 0.1) is 0 Å². The van der Waals surface area contributed by atoms with Crippen molar-refractivity contribution in [1.29, 1.82) is 0 Å². The van der Waals surface area contributed by atoms with Gasteiger partial charge in [-0.25, -0.2) is 0 Å². The molecular weight excluding hydrogens is 317 g/mol. The molecule has 21 heavy (non-hydrogen) atoms. The van der Waals surface area contributed by atoms with Crippen molar-refractivity contribution in [2.75, 3.05) is 6.54 Å². The molecule has 0 bridgehead atoms. The molecule has 1 heterocycles. The summed E-state index contributed by atoms with van der Waals surface area (Å²) in [6.07, 6.45) is 1.37. The third-order valence-electron chi connectivity index (χ3n) is 2.54. The molecule has 0 aliphatic carbocycles. The fraction of sp³-hybridized carbons (Fsp3) is 0.143. The number of halogens is 2. The number of ether oxygens (including phenoxy) is 1. The van der Waals surface area contributed by atoms with Crippen molar-refractivity contribution in [2.45, 2.75) is 6.61 Å². The zero-order valence-electron chi connectivity index (χ0n) is 10.8. The first-order valence-electron chi connectivity index (χ1n) is 5.97. The van der Waals surface area contributed by atoms with E-state index in [0.717, 1.165) is 0 Å². The highest BCUT2D eigenvalue weighted by Crippen LogP contribution is 2.21. The zero-order chi connectivity index (χ0) is 15.2. The topological polar surface area (TPSA) is 68.5 Å². The molecule has 1 amide bonds. The second-order valence-corrected chi connectivity index (χ2v) is 4.90. The smallest absolute Gasteiger partial charge is 0.325 e. The summed E-state index contributed by atoms with van der Waals surface area (Å²) < 4.78 is 9.89. The highest BCUT2D eigenvalue weighted by atomic mass is 35.5. The number of rotatable bonds is 5. The lowest BCUT2D eigenvalue weighted by Crippen LogP contribution is -2.30. The molecular formula is C14H11Cl2NO4. The molecule has 110 valence electrons. The van der Waals surface area contributed by atoms with E-state index in [1.165, 1.54) is 12.3 Å². The first kappa shape index (κ1) is 15.4. The zero-order valence-corrected chi connectivity index (χ0v) is 12.3. The lowest BCUT2D eigenvalue weighted by molar-refractivity contribution is -0.143. The number of nitrogens with one attached hydrogen (secondary N) is 1. The fourth-order valence-corrected chi connectivity index (χ4v) is 1.96. The minimum Gasteiger partial charge on any atom is -0.459 e. The number of amides is 1. The predicted molar refractivity (Wildman–Crippen MR) is 77.3 cm³/mol. The van der Waals surface area contributed by atoms with E-state index in [4.69, 9.17) is 32.4 Å². The Bertz CT molecular complexity index is 640. The van der Waals surface area contributed by atoms with Crippen LogP contribution in [0.5, 0.6) is 0 Å². The Balaban J connectivity index is 1.78. The molecule has 0 fully saturated rings. The summed E-state index contributed by atoms with van der Waals surface area (Å²) in [4.78, 5) is 23.1. The summed E-state index contributed by atoms with van der Waals surface area (Å²) in [6, 6.07) is 7.95. The predicted octanol–water partition coefficient (Wildman–Crippen LogP) is 3.06.